The number of para-hydroxylation sites is 2. The van der Waals surface area contributed by atoms with Crippen molar-refractivity contribution in [2.75, 3.05) is 17.7 Å². The van der Waals surface area contributed by atoms with Crippen LogP contribution in [0.5, 0.6) is 5.75 Å². The fourth-order valence-corrected chi connectivity index (χ4v) is 1.36. The maximum absolute atomic E-state index is 9.36. The number of benzene rings is 1. The van der Waals surface area contributed by atoms with E-state index >= 15 is 0 Å². The van der Waals surface area contributed by atoms with Gasteiger partial charge >= 0.3 is 0 Å². The lowest BCUT2D eigenvalue weighted by Crippen LogP contribution is -2.21. The molecule has 90 valence electrons. The maximum atomic E-state index is 9.36. The number of aliphatic hydroxyl groups excluding tert-OH is 1. The summed E-state index contributed by atoms with van der Waals surface area (Å²) in [5.74, 6) is 1.01. The Balaban J connectivity index is 2.63. The Bertz CT molecular complexity index is 318. The van der Waals surface area contributed by atoms with Crippen LogP contribution in [-0.2, 0) is 0 Å². The zero-order chi connectivity index (χ0) is 12.0. The third kappa shape index (κ3) is 4.29. The van der Waals surface area contributed by atoms with Gasteiger partial charge in [0.25, 0.3) is 0 Å². The molecule has 1 rings (SSSR count). The summed E-state index contributed by atoms with van der Waals surface area (Å²) in [6, 6.07) is 7.65. The van der Waals surface area contributed by atoms with E-state index in [-0.39, 0.29) is 12.0 Å². The molecule has 0 aromatic heterocycles. The first-order valence-corrected chi connectivity index (χ1v) is 5.90. The second-order valence-corrected chi connectivity index (χ2v) is 4.16. The minimum atomic E-state index is -0.547. The fraction of sp³-hybridized carbons (Fsp3) is 0.500. The second-order valence-electron chi connectivity index (χ2n) is 3.85. The van der Waals surface area contributed by atoms with Gasteiger partial charge in [0.05, 0.1) is 23.8 Å². The summed E-state index contributed by atoms with van der Waals surface area (Å²) in [6.45, 7) is 4.37. The third-order valence-corrected chi connectivity index (χ3v) is 2.31. The number of rotatable bonds is 6. The van der Waals surface area contributed by atoms with Gasteiger partial charge < -0.3 is 15.2 Å². The quantitative estimate of drug-likeness (QED) is 0.755. The van der Waals surface area contributed by atoms with E-state index in [9.17, 15) is 5.11 Å². The van der Waals surface area contributed by atoms with Crippen LogP contribution < -0.4 is 10.1 Å². The Morgan fingerprint density at radius 1 is 1.38 bits per heavy atom. The average molecular weight is 244 g/mol. The molecule has 1 unspecified atom stereocenters. The van der Waals surface area contributed by atoms with Crippen LogP contribution in [0, 0.1) is 0 Å². The number of anilines is 1. The zero-order valence-corrected chi connectivity index (χ0v) is 10.4. The summed E-state index contributed by atoms with van der Waals surface area (Å²) in [4.78, 5) is 0. The molecule has 0 aliphatic heterocycles. The molecule has 0 spiro atoms. The van der Waals surface area contributed by atoms with Crippen molar-refractivity contribution in [1.82, 2.24) is 0 Å². The summed E-state index contributed by atoms with van der Waals surface area (Å²) in [6.07, 6.45) is -0.422. The highest BCUT2D eigenvalue weighted by atomic mass is 35.5. The first-order valence-electron chi connectivity index (χ1n) is 5.37. The predicted molar refractivity (Wildman–Crippen MR) is 67.4 cm³/mol. The minimum Gasteiger partial charge on any atom is -0.489 e. The molecule has 0 saturated carbocycles. The van der Waals surface area contributed by atoms with Crippen molar-refractivity contribution in [2.24, 2.45) is 0 Å². The van der Waals surface area contributed by atoms with E-state index in [1.807, 2.05) is 38.1 Å². The van der Waals surface area contributed by atoms with E-state index in [2.05, 4.69) is 5.32 Å². The van der Waals surface area contributed by atoms with Gasteiger partial charge in [-0.25, -0.2) is 0 Å². The molecular weight excluding hydrogens is 226 g/mol. The molecule has 0 aliphatic rings. The highest BCUT2D eigenvalue weighted by Crippen LogP contribution is 2.24. The summed E-state index contributed by atoms with van der Waals surface area (Å²) in [7, 11) is 0. The fourth-order valence-electron chi connectivity index (χ4n) is 1.25. The standard InChI is InChI=1S/C12H18ClNO2/c1-9(2)16-12-6-4-3-5-11(12)14-8-10(15)7-13/h3-6,9-10,14-15H,7-8H2,1-2H3. The molecule has 0 heterocycles. The van der Waals surface area contributed by atoms with Crippen molar-refractivity contribution in [3.63, 3.8) is 0 Å². The molecule has 16 heavy (non-hydrogen) atoms. The van der Waals surface area contributed by atoms with Crippen LogP contribution in [0.3, 0.4) is 0 Å². The Morgan fingerprint density at radius 3 is 2.69 bits per heavy atom. The lowest BCUT2D eigenvalue weighted by atomic mass is 10.2. The predicted octanol–water partition coefficient (Wildman–Crippen LogP) is 2.49. The number of hydrogen-bond donors (Lipinski definition) is 2. The van der Waals surface area contributed by atoms with Gasteiger partial charge in [-0.15, -0.1) is 11.6 Å². The van der Waals surface area contributed by atoms with E-state index < -0.39 is 6.10 Å². The Kier molecular flexibility index (Phi) is 5.43. The lowest BCUT2D eigenvalue weighted by molar-refractivity contribution is 0.211. The van der Waals surface area contributed by atoms with Gasteiger partial charge in [0.2, 0.25) is 0 Å². The van der Waals surface area contributed by atoms with Crippen LogP contribution in [-0.4, -0.2) is 29.7 Å². The van der Waals surface area contributed by atoms with E-state index in [0.717, 1.165) is 11.4 Å². The zero-order valence-electron chi connectivity index (χ0n) is 9.61. The Morgan fingerprint density at radius 2 is 2.06 bits per heavy atom. The monoisotopic (exact) mass is 243 g/mol. The number of halogens is 1. The van der Waals surface area contributed by atoms with Crippen LogP contribution in [0.15, 0.2) is 24.3 Å². The number of ether oxygens (including phenoxy) is 1. The summed E-state index contributed by atoms with van der Waals surface area (Å²) >= 11 is 5.52. The van der Waals surface area contributed by atoms with Crippen LogP contribution in [0.1, 0.15) is 13.8 Å². The number of nitrogens with one attached hydrogen (secondary N) is 1. The lowest BCUT2D eigenvalue weighted by Gasteiger charge is -2.16. The maximum Gasteiger partial charge on any atom is 0.142 e. The molecule has 3 nitrogen and oxygen atoms in total. The van der Waals surface area contributed by atoms with Crippen LogP contribution >= 0.6 is 11.6 Å². The van der Waals surface area contributed by atoms with Gasteiger partial charge in [0.15, 0.2) is 0 Å². The van der Waals surface area contributed by atoms with Crippen molar-refractivity contribution < 1.29 is 9.84 Å². The smallest absolute Gasteiger partial charge is 0.142 e. The molecule has 0 saturated heterocycles. The SMILES string of the molecule is CC(C)Oc1ccccc1NCC(O)CCl. The van der Waals surface area contributed by atoms with Crippen LogP contribution in [0.2, 0.25) is 0 Å². The minimum absolute atomic E-state index is 0.126. The van der Waals surface area contributed by atoms with Gasteiger partial charge in [0.1, 0.15) is 5.75 Å². The highest BCUT2D eigenvalue weighted by molar-refractivity contribution is 6.18. The molecule has 0 radical (unpaired) electrons. The van der Waals surface area contributed by atoms with Gasteiger partial charge in [-0.2, -0.15) is 0 Å². The molecule has 1 aromatic carbocycles. The molecule has 1 aromatic rings. The van der Waals surface area contributed by atoms with Crippen LogP contribution in [0.4, 0.5) is 5.69 Å². The first kappa shape index (κ1) is 13.1. The normalized spacial score (nSPS) is 12.6. The third-order valence-electron chi connectivity index (χ3n) is 1.96. The molecular formula is C12H18ClNO2. The Labute approximate surface area is 101 Å². The molecule has 0 bridgehead atoms. The highest BCUT2D eigenvalue weighted by Gasteiger charge is 2.06. The molecule has 2 N–H and O–H groups in total. The van der Waals surface area contributed by atoms with Crippen molar-refractivity contribution in [3.8, 4) is 5.75 Å². The van der Waals surface area contributed by atoms with Crippen molar-refractivity contribution in [1.29, 1.82) is 0 Å². The molecule has 1 atom stereocenters. The Hall–Kier alpha value is -0.930. The molecule has 0 aliphatic carbocycles. The summed E-state index contributed by atoms with van der Waals surface area (Å²) in [5.41, 5.74) is 0.875. The first-order chi connectivity index (χ1) is 7.63. The summed E-state index contributed by atoms with van der Waals surface area (Å²) in [5, 5.41) is 12.5. The van der Waals surface area contributed by atoms with Gasteiger partial charge in [-0.1, -0.05) is 12.1 Å². The van der Waals surface area contributed by atoms with E-state index in [1.165, 1.54) is 0 Å². The van der Waals surface area contributed by atoms with Crippen LogP contribution in [0.25, 0.3) is 0 Å². The van der Waals surface area contributed by atoms with E-state index in [0.29, 0.717) is 6.54 Å². The van der Waals surface area contributed by atoms with Gasteiger partial charge in [-0.05, 0) is 26.0 Å². The van der Waals surface area contributed by atoms with Gasteiger partial charge in [0, 0.05) is 6.54 Å². The van der Waals surface area contributed by atoms with E-state index in [1.54, 1.807) is 0 Å². The molecule has 0 fully saturated rings. The largest absolute Gasteiger partial charge is 0.489 e. The van der Waals surface area contributed by atoms with Crippen molar-refractivity contribution in [3.05, 3.63) is 24.3 Å². The molecule has 0 amide bonds. The van der Waals surface area contributed by atoms with Crippen molar-refractivity contribution >= 4 is 17.3 Å². The summed E-state index contributed by atoms with van der Waals surface area (Å²) < 4.78 is 5.63. The number of alkyl halides is 1. The van der Waals surface area contributed by atoms with Gasteiger partial charge in [-0.3, -0.25) is 0 Å². The molecule has 4 heteroatoms. The number of hydrogen-bond acceptors (Lipinski definition) is 3. The second kappa shape index (κ2) is 6.61. The average Bonchev–Trinajstić information content (AvgIpc) is 2.26. The number of aliphatic hydroxyl groups is 1. The topological polar surface area (TPSA) is 41.5 Å². The van der Waals surface area contributed by atoms with E-state index in [4.69, 9.17) is 16.3 Å². The van der Waals surface area contributed by atoms with Crippen molar-refractivity contribution in [2.45, 2.75) is 26.1 Å².